The molecule has 0 saturated carbocycles. The zero-order chi connectivity index (χ0) is 13.9. The first kappa shape index (κ1) is 13.3. The molecule has 1 aromatic rings. The zero-order valence-electron chi connectivity index (χ0n) is 10.8. The third-order valence-corrected chi connectivity index (χ3v) is 4.20. The molecule has 0 unspecified atom stereocenters. The van der Waals surface area contributed by atoms with Crippen LogP contribution in [0.2, 0.25) is 0 Å². The molecule has 0 aromatic heterocycles. The molecular weight excluding hydrogens is 278 g/mol. The van der Waals surface area contributed by atoms with E-state index in [2.05, 4.69) is 15.1 Å². The summed E-state index contributed by atoms with van der Waals surface area (Å²) in [6.45, 7) is 3.14. The normalized spacial score (nSPS) is 19.5. The lowest BCUT2D eigenvalue weighted by atomic mass is 10.1. The van der Waals surface area contributed by atoms with Crippen molar-refractivity contribution in [3.05, 3.63) is 23.8 Å². The Morgan fingerprint density at radius 1 is 1.10 bits per heavy atom. The molecule has 2 heterocycles. The van der Waals surface area contributed by atoms with E-state index in [1.165, 1.54) is 12.1 Å². The monoisotopic (exact) mass is 293 g/mol. The Balaban J connectivity index is 1.77. The fourth-order valence-electron chi connectivity index (χ4n) is 2.05. The van der Waals surface area contributed by atoms with Gasteiger partial charge < -0.3 is 19.8 Å². The third kappa shape index (κ3) is 2.73. The number of aromatic hydroxyl groups is 2. The average Bonchev–Trinajstić information content (AvgIpc) is 2.51. The van der Waals surface area contributed by atoms with Crippen molar-refractivity contribution < 1.29 is 14.9 Å². The van der Waals surface area contributed by atoms with Crippen molar-refractivity contribution in [2.45, 2.75) is 0 Å². The first-order valence-electron chi connectivity index (χ1n) is 6.36. The molecule has 2 aliphatic heterocycles. The fraction of sp³-hybridized carbons (Fsp3) is 0.385. The van der Waals surface area contributed by atoms with Gasteiger partial charge in [-0.25, -0.2) is 0 Å². The van der Waals surface area contributed by atoms with Crippen molar-refractivity contribution in [2.75, 3.05) is 32.1 Å². The molecule has 1 saturated heterocycles. The Hall–Kier alpha value is -1.73. The van der Waals surface area contributed by atoms with Crippen molar-refractivity contribution in [1.82, 2.24) is 4.90 Å². The maximum atomic E-state index is 9.52. The first-order chi connectivity index (χ1) is 9.74. The Labute approximate surface area is 120 Å². The van der Waals surface area contributed by atoms with Gasteiger partial charge >= 0.3 is 0 Å². The van der Waals surface area contributed by atoms with Crippen molar-refractivity contribution >= 4 is 22.6 Å². The summed E-state index contributed by atoms with van der Waals surface area (Å²) in [6, 6.07) is 4.69. The number of amidine groups is 1. The van der Waals surface area contributed by atoms with E-state index >= 15 is 0 Å². The van der Waals surface area contributed by atoms with E-state index in [9.17, 15) is 10.2 Å². The molecule has 0 bridgehead atoms. The molecule has 2 N–H and O–H groups in total. The number of morpholine rings is 1. The van der Waals surface area contributed by atoms with Crippen LogP contribution in [-0.4, -0.2) is 58.0 Å². The Bertz CT molecular complexity index is 568. The topological polar surface area (TPSA) is 77.7 Å². The summed E-state index contributed by atoms with van der Waals surface area (Å²) in [5, 5.41) is 28.2. The van der Waals surface area contributed by atoms with Gasteiger partial charge in [0.25, 0.3) is 0 Å². The van der Waals surface area contributed by atoms with Crippen LogP contribution in [0.3, 0.4) is 0 Å². The maximum absolute atomic E-state index is 9.52. The Morgan fingerprint density at radius 3 is 2.55 bits per heavy atom. The Kier molecular flexibility index (Phi) is 3.79. The molecule has 0 aliphatic carbocycles. The summed E-state index contributed by atoms with van der Waals surface area (Å²) in [5.74, 6) is 0.425. The highest BCUT2D eigenvalue weighted by Crippen LogP contribution is 2.27. The predicted octanol–water partition coefficient (Wildman–Crippen LogP) is 1.24. The fourth-order valence-corrected chi connectivity index (χ4v) is 3.00. The second kappa shape index (κ2) is 5.72. The van der Waals surface area contributed by atoms with Crippen LogP contribution in [0.5, 0.6) is 11.5 Å². The van der Waals surface area contributed by atoms with Gasteiger partial charge in [0.15, 0.2) is 16.7 Å². The lowest BCUT2D eigenvalue weighted by Gasteiger charge is -2.29. The van der Waals surface area contributed by atoms with Crippen molar-refractivity contribution in [3.8, 4) is 11.5 Å². The van der Waals surface area contributed by atoms with Crippen LogP contribution >= 0.6 is 11.8 Å². The number of phenolic OH excluding ortho intramolecular Hbond substituents is 2. The SMILES string of the molecule is Oc1ccc(C2=NN=C(N3CCOCC3)SC2)cc1O. The molecular formula is C13H15N3O3S. The second-order valence-electron chi connectivity index (χ2n) is 4.52. The van der Waals surface area contributed by atoms with Crippen LogP contribution in [0.1, 0.15) is 5.56 Å². The Morgan fingerprint density at radius 2 is 1.90 bits per heavy atom. The van der Waals surface area contributed by atoms with E-state index in [0.717, 1.165) is 42.7 Å². The molecule has 1 fully saturated rings. The van der Waals surface area contributed by atoms with Crippen LogP contribution in [0.15, 0.2) is 28.4 Å². The summed E-state index contributed by atoms with van der Waals surface area (Å²) >= 11 is 1.63. The lowest BCUT2D eigenvalue weighted by molar-refractivity contribution is 0.0692. The van der Waals surface area contributed by atoms with Gasteiger partial charge in [-0.3, -0.25) is 0 Å². The van der Waals surface area contributed by atoms with Crippen LogP contribution in [0.25, 0.3) is 0 Å². The predicted molar refractivity (Wildman–Crippen MR) is 78.6 cm³/mol. The molecule has 1 aromatic carbocycles. The van der Waals surface area contributed by atoms with E-state index in [4.69, 9.17) is 4.74 Å². The maximum Gasteiger partial charge on any atom is 0.186 e. The molecule has 6 nitrogen and oxygen atoms in total. The molecule has 7 heteroatoms. The van der Waals surface area contributed by atoms with Crippen molar-refractivity contribution in [3.63, 3.8) is 0 Å². The molecule has 0 amide bonds. The van der Waals surface area contributed by atoms with Gasteiger partial charge in [-0.2, -0.15) is 5.10 Å². The number of benzene rings is 1. The van der Waals surface area contributed by atoms with Crippen LogP contribution < -0.4 is 0 Å². The number of hydrogen-bond donors (Lipinski definition) is 2. The number of hydrogen-bond acceptors (Lipinski definition) is 7. The second-order valence-corrected chi connectivity index (χ2v) is 5.46. The smallest absolute Gasteiger partial charge is 0.186 e. The molecule has 3 rings (SSSR count). The number of nitrogens with zero attached hydrogens (tertiary/aromatic N) is 3. The number of rotatable bonds is 1. The molecule has 0 radical (unpaired) electrons. The average molecular weight is 293 g/mol. The molecule has 2 aliphatic rings. The number of ether oxygens (including phenoxy) is 1. The minimum Gasteiger partial charge on any atom is -0.504 e. The summed E-state index contributed by atoms with van der Waals surface area (Å²) in [6.07, 6.45) is 0. The summed E-state index contributed by atoms with van der Waals surface area (Å²) in [5.41, 5.74) is 1.57. The summed E-state index contributed by atoms with van der Waals surface area (Å²) in [4.78, 5) is 2.17. The standard InChI is InChI=1S/C13H15N3O3S/c17-11-2-1-9(7-12(11)18)10-8-20-13(15-14-10)16-3-5-19-6-4-16/h1-2,7,17-18H,3-6,8H2. The minimum absolute atomic E-state index is 0.129. The summed E-state index contributed by atoms with van der Waals surface area (Å²) in [7, 11) is 0. The van der Waals surface area contributed by atoms with Crippen molar-refractivity contribution in [1.29, 1.82) is 0 Å². The lowest BCUT2D eigenvalue weighted by Crippen LogP contribution is -2.40. The van der Waals surface area contributed by atoms with E-state index in [1.807, 2.05) is 0 Å². The van der Waals surface area contributed by atoms with E-state index in [-0.39, 0.29) is 11.5 Å². The number of thioether (sulfide) groups is 1. The van der Waals surface area contributed by atoms with Gasteiger partial charge in [-0.05, 0) is 18.2 Å². The van der Waals surface area contributed by atoms with E-state index in [0.29, 0.717) is 5.75 Å². The highest BCUT2D eigenvalue weighted by molar-refractivity contribution is 8.14. The molecule has 106 valence electrons. The molecule has 0 spiro atoms. The van der Waals surface area contributed by atoms with Gasteiger partial charge in [-0.15, -0.1) is 5.10 Å². The van der Waals surface area contributed by atoms with Gasteiger partial charge in [-0.1, -0.05) is 11.8 Å². The van der Waals surface area contributed by atoms with E-state index < -0.39 is 0 Å². The van der Waals surface area contributed by atoms with Gasteiger partial charge in [0.05, 0.1) is 18.9 Å². The summed E-state index contributed by atoms with van der Waals surface area (Å²) < 4.78 is 5.31. The quantitative estimate of drug-likeness (QED) is 0.762. The van der Waals surface area contributed by atoms with Gasteiger partial charge in [0, 0.05) is 24.4 Å². The first-order valence-corrected chi connectivity index (χ1v) is 7.35. The minimum atomic E-state index is -0.141. The van der Waals surface area contributed by atoms with Gasteiger partial charge in [0.2, 0.25) is 0 Å². The van der Waals surface area contributed by atoms with Crippen LogP contribution in [0, 0.1) is 0 Å². The number of phenols is 2. The van der Waals surface area contributed by atoms with Crippen LogP contribution in [0.4, 0.5) is 0 Å². The highest BCUT2D eigenvalue weighted by atomic mass is 32.2. The van der Waals surface area contributed by atoms with Gasteiger partial charge in [0.1, 0.15) is 0 Å². The highest BCUT2D eigenvalue weighted by Gasteiger charge is 2.20. The van der Waals surface area contributed by atoms with Crippen LogP contribution in [-0.2, 0) is 4.74 Å². The molecule has 20 heavy (non-hydrogen) atoms. The molecule has 0 atom stereocenters. The largest absolute Gasteiger partial charge is 0.504 e. The van der Waals surface area contributed by atoms with Crippen molar-refractivity contribution in [2.24, 2.45) is 10.2 Å². The van der Waals surface area contributed by atoms with E-state index in [1.54, 1.807) is 17.8 Å². The zero-order valence-corrected chi connectivity index (χ0v) is 11.6. The third-order valence-electron chi connectivity index (χ3n) is 3.18.